The van der Waals surface area contributed by atoms with E-state index in [-0.39, 0.29) is 6.10 Å². The summed E-state index contributed by atoms with van der Waals surface area (Å²) in [6.07, 6.45) is 4.22. The second-order valence-electron chi connectivity index (χ2n) is 4.91. The van der Waals surface area contributed by atoms with Gasteiger partial charge in [-0.3, -0.25) is 0 Å². The standard InChI is InChI=1S/C16H21N3O2/c1-12(2)21-16-15(18-9-10-19-16)17-8-7-13-5-4-6-14(11-13)20-3/h4-6,9-12H,7-8H2,1-3H3,(H,17,18). The molecule has 0 radical (unpaired) electrons. The zero-order chi connectivity index (χ0) is 15.1. The SMILES string of the molecule is COc1cccc(CCNc2nccnc2OC(C)C)c1. The van der Waals surface area contributed by atoms with Gasteiger partial charge in [0, 0.05) is 18.9 Å². The minimum Gasteiger partial charge on any atom is -0.497 e. The molecule has 0 unspecified atom stereocenters. The van der Waals surface area contributed by atoms with Crippen LogP contribution in [0.15, 0.2) is 36.7 Å². The number of rotatable bonds is 7. The Kier molecular flexibility index (Phi) is 5.37. The van der Waals surface area contributed by atoms with Gasteiger partial charge in [0.05, 0.1) is 13.2 Å². The monoisotopic (exact) mass is 287 g/mol. The maximum absolute atomic E-state index is 5.63. The fraction of sp³-hybridized carbons (Fsp3) is 0.375. The average molecular weight is 287 g/mol. The molecule has 0 fully saturated rings. The molecule has 2 aromatic rings. The molecule has 0 spiro atoms. The van der Waals surface area contributed by atoms with E-state index in [2.05, 4.69) is 21.4 Å². The van der Waals surface area contributed by atoms with Crippen LogP contribution in [0.25, 0.3) is 0 Å². The van der Waals surface area contributed by atoms with Crippen LogP contribution in [0, 0.1) is 0 Å². The first kappa shape index (κ1) is 15.1. The molecule has 21 heavy (non-hydrogen) atoms. The van der Waals surface area contributed by atoms with Crippen LogP contribution in [0.2, 0.25) is 0 Å². The van der Waals surface area contributed by atoms with Crippen molar-refractivity contribution in [3.8, 4) is 11.6 Å². The molecule has 0 aliphatic heterocycles. The second-order valence-corrected chi connectivity index (χ2v) is 4.91. The molecule has 0 aliphatic rings. The zero-order valence-electron chi connectivity index (χ0n) is 12.7. The number of benzene rings is 1. The molecule has 0 aliphatic carbocycles. The Morgan fingerprint density at radius 2 is 2.00 bits per heavy atom. The summed E-state index contributed by atoms with van der Waals surface area (Å²) < 4.78 is 10.8. The van der Waals surface area contributed by atoms with Gasteiger partial charge in [-0.2, -0.15) is 0 Å². The van der Waals surface area contributed by atoms with Gasteiger partial charge in [-0.15, -0.1) is 0 Å². The fourth-order valence-corrected chi connectivity index (χ4v) is 1.91. The number of nitrogens with one attached hydrogen (secondary N) is 1. The predicted octanol–water partition coefficient (Wildman–Crippen LogP) is 2.93. The molecule has 1 heterocycles. The van der Waals surface area contributed by atoms with Crippen LogP contribution in [-0.2, 0) is 6.42 Å². The Hall–Kier alpha value is -2.30. The number of hydrogen-bond acceptors (Lipinski definition) is 5. The van der Waals surface area contributed by atoms with Crippen LogP contribution in [0.4, 0.5) is 5.82 Å². The molecule has 0 atom stereocenters. The summed E-state index contributed by atoms with van der Waals surface area (Å²) in [5.41, 5.74) is 1.21. The topological polar surface area (TPSA) is 56.3 Å². The van der Waals surface area contributed by atoms with Crippen molar-refractivity contribution in [2.75, 3.05) is 19.0 Å². The number of nitrogens with zero attached hydrogens (tertiary/aromatic N) is 2. The van der Waals surface area contributed by atoms with Crippen LogP contribution >= 0.6 is 0 Å². The van der Waals surface area contributed by atoms with E-state index in [0.717, 1.165) is 18.7 Å². The number of anilines is 1. The minimum absolute atomic E-state index is 0.0700. The molecular formula is C16H21N3O2. The molecule has 0 saturated carbocycles. The van der Waals surface area contributed by atoms with Gasteiger partial charge in [-0.25, -0.2) is 9.97 Å². The van der Waals surface area contributed by atoms with Gasteiger partial charge < -0.3 is 14.8 Å². The smallest absolute Gasteiger partial charge is 0.257 e. The number of hydrogen-bond donors (Lipinski definition) is 1. The largest absolute Gasteiger partial charge is 0.497 e. The summed E-state index contributed by atoms with van der Waals surface area (Å²) in [4.78, 5) is 8.48. The summed E-state index contributed by atoms with van der Waals surface area (Å²) in [6, 6.07) is 8.04. The highest BCUT2D eigenvalue weighted by molar-refractivity contribution is 5.44. The summed E-state index contributed by atoms with van der Waals surface area (Å²) in [5, 5.41) is 3.27. The summed E-state index contributed by atoms with van der Waals surface area (Å²) in [5.74, 6) is 2.09. The van der Waals surface area contributed by atoms with Crippen molar-refractivity contribution in [3.05, 3.63) is 42.2 Å². The molecule has 2 rings (SSSR count). The third-order valence-electron chi connectivity index (χ3n) is 2.85. The van der Waals surface area contributed by atoms with Gasteiger partial charge in [0.2, 0.25) is 0 Å². The normalized spacial score (nSPS) is 10.5. The Morgan fingerprint density at radius 3 is 2.76 bits per heavy atom. The first-order chi connectivity index (χ1) is 10.2. The van der Waals surface area contributed by atoms with Crippen molar-refractivity contribution in [2.24, 2.45) is 0 Å². The van der Waals surface area contributed by atoms with E-state index in [1.54, 1.807) is 19.5 Å². The zero-order valence-corrected chi connectivity index (χ0v) is 12.7. The van der Waals surface area contributed by atoms with Crippen LogP contribution in [-0.4, -0.2) is 29.7 Å². The third kappa shape index (κ3) is 4.63. The van der Waals surface area contributed by atoms with Crippen molar-refractivity contribution in [1.82, 2.24) is 9.97 Å². The molecule has 0 amide bonds. The lowest BCUT2D eigenvalue weighted by Gasteiger charge is -2.13. The highest BCUT2D eigenvalue weighted by Gasteiger charge is 2.07. The van der Waals surface area contributed by atoms with Crippen molar-refractivity contribution in [1.29, 1.82) is 0 Å². The summed E-state index contributed by atoms with van der Waals surface area (Å²) >= 11 is 0. The molecule has 1 N–H and O–H groups in total. The average Bonchev–Trinajstić information content (AvgIpc) is 2.49. The van der Waals surface area contributed by atoms with Gasteiger partial charge in [0.15, 0.2) is 5.82 Å². The van der Waals surface area contributed by atoms with Crippen LogP contribution in [0.1, 0.15) is 19.4 Å². The van der Waals surface area contributed by atoms with E-state index in [1.807, 2.05) is 32.0 Å². The Labute approximate surface area is 125 Å². The fourth-order valence-electron chi connectivity index (χ4n) is 1.91. The molecule has 0 saturated heterocycles. The van der Waals surface area contributed by atoms with E-state index >= 15 is 0 Å². The highest BCUT2D eigenvalue weighted by Crippen LogP contribution is 2.19. The van der Waals surface area contributed by atoms with Crippen molar-refractivity contribution < 1.29 is 9.47 Å². The maximum atomic E-state index is 5.63. The number of ether oxygens (including phenoxy) is 2. The van der Waals surface area contributed by atoms with E-state index in [4.69, 9.17) is 9.47 Å². The lowest BCUT2D eigenvalue weighted by Crippen LogP contribution is -2.12. The Morgan fingerprint density at radius 1 is 1.19 bits per heavy atom. The van der Waals surface area contributed by atoms with E-state index in [1.165, 1.54) is 5.56 Å². The first-order valence-electron chi connectivity index (χ1n) is 7.03. The highest BCUT2D eigenvalue weighted by atomic mass is 16.5. The van der Waals surface area contributed by atoms with Crippen molar-refractivity contribution >= 4 is 5.82 Å². The lowest BCUT2D eigenvalue weighted by atomic mass is 10.1. The third-order valence-corrected chi connectivity index (χ3v) is 2.85. The molecule has 5 nitrogen and oxygen atoms in total. The van der Waals surface area contributed by atoms with E-state index < -0.39 is 0 Å². The van der Waals surface area contributed by atoms with Gasteiger partial charge in [0.25, 0.3) is 5.88 Å². The Balaban J connectivity index is 1.94. The van der Waals surface area contributed by atoms with Gasteiger partial charge in [0.1, 0.15) is 5.75 Å². The molecule has 5 heteroatoms. The number of aromatic nitrogens is 2. The first-order valence-corrected chi connectivity index (χ1v) is 7.03. The molecule has 1 aromatic heterocycles. The van der Waals surface area contributed by atoms with Gasteiger partial charge >= 0.3 is 0 Å². The lowest BCUT2D eigenvalue weighted by molar-refractivity contribution is 0.233. The second kappa shape index (κ2) is 7.47. The van der Waals surface area contributed by atoms with Crippen molar-refractivity contribution in [3.63, 3.8) is 0 Å². The van der Waals surface area contributed by atoms with Crippen LogP contribution in [0.5, 0.6) is 11.6 Å². The molecule has 112 valence electrons. The van der Waals surface area contributed by atoms with Crippen LogP contribution in [0.3, 0.4) is 0 Å². The van der Waals surface area contributed by atoms with E-state index in [0.29, 0.717) is 11.7 Å². The molecule has 1 aromatic carbocycles. The quantitative estimate of drug-likeness (QED) is 0.848. The van der Waals surface area contributed by atoms with Gasteiger partial charge in [-0.1, -0.05) is 12.1 Å². The summed E-state index contributed by atoms with van der Waals surface area (Å²) in [7, 11) is 1.67. The molecular weight excluding hydrogens is 266 g/mol. The maximum Gasteiger partial charge on any atom is 0.257 e. The van der Waals surface area contributed by atoms with Gasteiger partial charge in [-0.05, 0) is 38.0 Å². The van der Waals surface area contributed by atoms with Crippen LogP contribution < -0.4 is 14.8 Å². The number of methoxy groups -OCH3 is 1. The predicted molar refractivity (Wildman–Crippen MR) is 83.0 cm³/mol. The summed E-state index contributed by atoms with van der Waals surface area (Å²) in [6.45, 7) is 4.68. The minimum atomic E-state index is 0.0700. The van der Waals surface area contributed by atoms with E-state index in [9.17, 15) is 0 Å². The van der Waals surface area contributed by atoms with Crippen molar-refractivity contribution in [2.45, 2.75) is 26.4 Å². The Bertz CT molecular complexity index is 573. The molecule has 0 bridgehead atoms.